The second-order valence-corrected chi connectivity index (χ2v) is 4.93. The van der Waals surface area contributed by atoms with Crippen molar-refractivity contribution in [3.63, 3.8) is 0 Å². The number of ether oxygens (including phenoxy) is 1. The van der Waals surface area contributed by atoms with E-state index >= 15 is 0 Å². The lowest BCUT2D eigenvalue weighted by atomic mass is 9.74. The average molecular weight is 213 g/mol. The summed E-state index contributed by atoms with van der Waals surface area (Å²) in [4.78, 5) is 0. The number of rotatable bonds is 5. The summed E-state index contributed by atoms with van der Waals surface area (Å²) in [6.45, 7) is 7.56. The highest BCUT2D eigenvalue weighted by Gasteiger charge is 2.40. The minimum Gasteiger partial charge on any atom is -0.374 e. The Morgan fingerprint density at radius 3 is 2.33 bits per heavy atom. The van der Waals surface area contributed by atoms with E-state index in [1.165, 1.54) is 25.7 Å². The Balaban J connectivity index is 2.69. The molecular weight excluding hydrogens is 186 g/mol. The third kappa shape index (κ3) is 2.94. The van der Waals surface area contributed by atoms with Crippen LogP contribution in [-0.2, 0) is 4.74 Å². The van der Waals surface area contributed by atoms with Crippen LogP contribution in [0.2, 0.25) is 0 Å². The van der Waals surface area contributed by atoms with Gasteiger partial charge < -0.3 is 10.1 Å². The minimum absolute atomic E-state index is 0.116. The van der Waals surface area contributed by atoms with Gasteiger partial charge in [0.2, 0.25) is 0 Å². The lowest BCUT2D eigenvalue weighted by molar-refractivity contribution is -0.0955. The summed E-state index contributed by atoms with van der Waals surface area (Å²) in [5.41, 5.74) is 0.116. The van der Waals surface area contributed by atoms with Gasteiger partial charge in [-0.05, 0) is 52.0 Å². The maximum absolute atomic E-state index is 6.10. The fourth-order valence-electron chi connectivity index (χ4n) is 2.97. The standard InChI is InChI=1S/C13H27NO/c1-5-12(14-4)13(15-6-2)9-7-11(3)8-10-13/h11-12,14H,5-10H2,1-4H3. The maximum atomic E-state index is 6.10. The molecule has 0 aromatic carbocycles. The van der Waals surface area contributed by atoms with Crippen LogP contribution >= 0.6 is 0 Å². The molecule has 1 unspecified atom stereocenters. The van der Waals surface area contributed by atoms with E-state index in [9.17, 15) is 0 Å². The first-order valence-corrected chi connectivity index (χ1v) is 6.49. The van der Waals surface area contributed by atoms with Crippen molar-refractivity contribution < 1.29 is 4.74 Å². The van der Waals surface area contributed by atoms with Gasteiger partial charge in [0.1, 0.15) is 0 Å². The summed E-state index contributed by atoms with van der Waals surface area (Å²) in [6, 6.07) is 0.518. The van der Waals surface area contributed by atoms with E-state index in [-0.39, 0.29) is 5.60 Å². The number of hydrogen-bond donors (Lipinski definition) is 1. The molecule has 0 heterocycles. The van der Waals surface area contributed by atoms with Crippen molar-refractivity contribution in [1.29, 1.82) is 0 Å². The molecule has 1 fully saturated rings. The van der Waals surface area contributed by atoms with E-state index in [1.807, 2.05) is 0 Å². The van der Waals surface area contributed by atoms with Crippen molar-refractivity contribution in [2.45, 2.75) is 64.5 Å². The fourth-order valence-corrected chi connectivity index (χ4v) is 2.97. The van der Waals surface area contributed by atoms with E-state index in [1.54, 1.807) is 0 Å². The van der Waals surface area contributed by atoms with Crippen molar-refractivity contribution in [1.82, 2.24) is 5.32 Å². The smallest absolute Gasteiger partial charge is 0.0834 e. The van der Waals surface area contributed by atoms with Gasteiger partial charge in [-0.2, -0.15) is 0 Å². The molecule has 1 aliphatic carbocycles. The first-order chi connectivity index (χ1) is 7.18. The van der Waals surface area contributed by atoms with Crippen LogP contribution in [0.4, 0.5) is 0 Å². The van der Waals surface area contributed by atoms with Crippen LogP contribution < -0.4 is 5.32 Å². The summed E-state index contributed by atoms with van der Waals surface area (Å²) in [7, 11) is 2.06. The van der Waals surface area contributed by atoms with Crippen LogP contribution in [0.25, 0.3) is 0 Å². The molecule has 2 heteroatoms. The van der Waals surface area contributed by atoms with Crippen LogP contribution in [0.5, 0.6) is 0 Å². The lowest BCUT2D eigenvalue weighted by Crippen LogP contribution is -2.53. The summed E-state index contributed by atoms with van der Waals surface area (Å²) < 4.78 is 6.10. The molecule has 0 aromatic heterocycles. The molecule has 2 nitrogen and oxygen atoms in total. The highest BCUT2D eigenvalue weighted by atomic mass is 16.5. The monoisotopic (exact) mass is 213 g/mol. The van der Waals surface area contributed by atoms with Gasteiger partial charge in [-0.3, -0.25) is 0 Å². The topological polar surface area (TPSA) is 21.3 Å². The molecule has 0 aliphatic heterocycles. The molecule has 0 saturated heterocycles. The van der Waals surface area contributed by atoms with E-state index in [0.29, 0.717) is 6.04 Å². The van der Waals surface area contributed by atoms with Gasteiger partial charge in [-0.25, -0.2) is 0 Å². The molecule has 1 rings (SSSR count). The fraction of sp³-hybridized carbons (Fsp3) is 1.00. The first-order valence-electron chi connectivity index (χ1n) is 6.49. The zero-order valence-corrected chi connectivity index (χ0v) is 10.8. The van der Waals surface area contributed by atoms with Crippen molar-refractivity contribution >= 4 is 0 Å². The molecule has 0 amide bonds. The lowest BCUT2D eigenvalue weighted by Gasteiger charge is -2.44. The Morgan fingerprint density at radius 1 is 1.33 bits per heavy atom. The SMILES string of the molecule is CCOC1(C(CC)NC)CCC(C)CC1. The Labute approximate surface area is 94.8 Å². The van der Waals surface area contributed by atoms with Gasteiger partial charge >= 0.3 is 0 Å². The minimum atomic E-state index is 0.116. The van der Waals surface area contributed by atoms with Crippen molar-refractivity contribution in [3.05, 3.63) is 0 Å². The number of hydrogen-bond acceptors (Lipinski definition) is 2. The zero-order chi connectivity index (χ0) is 11.3. The van der Waals surface area contributed by atoms with E-state index in [0.717, 1.165) is 18.9 Å². The normalized spacial score (nSPS) is 34.0. The molecule has 0 aromatic rings. The Morgan fingerprint density at radius 2 is 1.93 bits per heavy atom. The molecule has 1 N–H and O–H groups in total. The molecule has 15 heavy (non-hydrogen) atoms. The van der Waals surface area contributed by atoms with Crippen LogP contribution in [-0.4, -0.2) is 25.3 Å². The predicted octanol–water partition coefficient (Wildman–Crippen LogP) is 2.97. The molecule has 0 bridgehead atoms. The van der Waals surface area contributed by atoms with E-state index in [4.69, 9.17) is 4.74 Å². The highest BCUT2D eigenvalue weighted by molar-refractivity contribution is 4.95. The molecule has 1 atom stereocenters. The third-order valence-corrected chi connectivity index (χ3v) is 3.94. The summed E-state index contributed by atoms with van der Waals surface area (Å²) in [5.74, 6) is 0.882. The van der Waals surface area contributed by atoms with Crippen molar-refractivity contribution in [2.24, 2.45) is 5.92 Å². The van der Waals surface area contributed by atoms with Crippen LogP contribution in [0, 0.1) is 5.92 Å². The van der Waals surface area contributed by atoms with Crippen molar-refractivity contribution in [3.8, 4) is 0 Å². The Hall–Kier alpha value is -0.0800. The molecule has 0 radical (unpaired) electrons. The maximum Gasteiger partial charge on any atom is 0.0834 e. The highest BCUT2D eigenvalue weighted by Crippen LogP contribution is 2.38. The van der Waals surface area contributed by atoms with Gasteiger partial charge in [-0.15, -0.1) is 0 Å². The van der Waals surface area contributed by atoms with Gasteiger partial charge in [-0.1, -0.05) is 13.8 Å². The average Bonchev–Trinajstić information content (AvgIpc) is 2.24. The first kappa shape index (κ1) is 13.0. The van der Waals surface area contributed by atoms with Crippen LogP contribution in [0.1, 0.15) is 52.9 Å². The zero-order valence-electron chi connectivity index (χ0n) is 10.8. The van der Waals surface area contributed by atoms with Gasteiger partial charge in [0, 0.05) is 12.6 Å². The third-order valence-electron chi connectivity index (χ3n) is 3.94. The summed E-state index contributed by atoms with van der Waals surface area (Å²) in [6.07, 6.45) is 6.24. The summed E-state index contributed by atoms with van der Waals surface area (Å²) >= 11 is 0. The Kier molecular flexibility index (Phi) is 5.07. The second-order valence-electron chi connectivity index (χ2n) is 4.93. The van der Waals surface area contributed by atoms with Crippen LogP contribution in [0.15, 0.2) is 0 Å². The number of likely N-dealkylation sites (N-methyl/N-ethyl adjacent to an activating group) is 1. The summed E-state index contributed by atoms with van der Waals surface area (Å²) in [5, 5.41) is 3.44. The molecule has 0 spiro atoms. The van der Waals surface area contributed by atoms with E-state index in [2.05, 4.69) is 33.1 Å². The second kappa shape index (κ2) is 5.86. The van der Waals surface area contributed by atoms with Crippen LogP contribution in [0.3, 0.4) is 0 Å². The molecule has 90 valence electrons. The van der Waals surface area contributed by atoms with Gasteiger partial charge in [0.25, 0.3) is 0 Å². The number of nitrogens with one attached hydrogen (secondary N) is 1. The molecular formula is C13H27NO. The van der Waals surface area contributed by atoms with Gasteiger partial charge in [0.15, 0.2) is 0 Å². The quantitative estimate of drug-likeness (QED) is 0.758. The Bertz CT molecular complexity index is 169. The largest absolute Gasteiger partial charge is 0.374 e. The van der Waals surface area contributed by atoms with Gasteiger partial charge in [0.05, 0.1) is 5.60 Å². The molecule has 1 saturated carbocycles. The predicted molar refractivity (Wildman–Crippen MR) is 65.1 cm³/mol. The van der Waals surface area contributed by atoms with E-state index < -0.39 is 0 Å². The molecule has 1 aliphatic rings. The van der Waals surface area contributed by atoms with Crippen molar-refractivity contribution in [2.75, 3.05) is 13.7 Å².